The molecule has 0 saturated carbocycles. The minimum absolute atomic E-state index is 0.810. The zero-order valence-corrected chi connectivity index (χ0v) is 5.86. The smallest absolute Gasteiger partial charge is 0.0545 e. The predicted octanol–water partition coefficient (Wildman–Crippen LogP) is 1.32. The van der Waals surface area contributed by atoms with Crippen LogP contribution < -0.4 is 5.32 Å². The fourth-order valence-corrected chi connectivity index (χ4v) is 0.493. The first-order chi connectivity index (χ1) is 4.26. The predicted molar refractivity (Wildman–Crippen MR) is 40.7 cm³/mol. The fourth-order valence-electron chi connectivity index (χ4n) is 0.493. The summed E-state index contributed by atoms with van der Waals surface area (Å²) < 4.78 is 0. The van der Waals surface area contributed by atoms with Crippen LogP contribution in [0.3, 0.4) is 0 Å². The van der Waals surface area contributed by atoms with Gasteiger partial charge in [0, 0.05) is 13.3 Å². The van der Waals surface area contributed by atoms with Crippen LogP contribution in [-0.2, 0) is 0 Å². The van der Waals surface area contributed by atoms with E-state index >= 15 is 0 Å². The molecule has 0 aromatic rings. The maximum atomic E-state index is 6.90. The van der Waals surface area contributed by atoms with Gasteiger partial charge in [0.1, 0.15) is 0 Å². The van der Waals surface area contributed by atoms with E-state index in [0.717, 1.165) is 11.3 Å². The van der Waals surface area contributed by atoms with E-state index in [2.05, 4.69) is 11.9 Å². The van der Waals surface area contributed by atoms with Crippen LogP contribution in [0.2, 0.25) is 0 Å². The summed E-state index contributed by atoms with van der Waals surface area (Å²) in [6.45, 7) is 5.48. The van der Waals surface area contributed by atoms with Crippen LogP contribution in [-0.4, -0.2) is 13.3 Å². The van der Waals surface area contributed by atoms with Crippen molar-refractivity contribution < 1.29 is 0 Å². The summed E-state index contributed by atoms with van der Waals surface area (Å²) in [5.41, 5.74) is 1.80. The second kappa shape index (κ2) is 3.89. The Morgan fingerprint density at radius 2 is 2.22 bits per heavy atom. The highest BCUT2D eigenvalue weighted by Gasteiger charge is 1.88. The van der Waals surface area contributed by atoms with Gasteiger partial charge in [-0.1, -0.05) is 12.7 Å². The quantitative estimate of drug-likeness (QED) is 0.432. The molecule has 2 nitrogen and oxygen atoms in total. The van der Waals surface area contributed by atoms with Crippen molar-refractivity contribution in [3.63, 3.8) is 0 Å². The zero-order valence-electron chi connectivity index (χ0n) is 5.86. The maximum Gasteiger partial charge on any atom is 0.0545 e. The number of hydrogen-bond donors (Lipinski definition) is 2. The summed E-state index contributed by atoms with van der Waals surface area (Å²) in [7, 11) is 1.79. The standard InChI is InChI=1S/C7H12N2/c1-4-6(2)7(5-8)9-3/h4-5,8-9H,1H2,2-3H3/b7-6+,8-5?. The molecule has 0 aliphatic carbocycles. The summed E-state index contributed by atoms with van der Waals surface area (Å²) in [4.78, 5) is 0. The molecule has 0 heterocycles. The molecule has 0 aliphatic rings. The number of hydrogen-bond acceptors (Lipinski definition) is 2. The Labute approximate surface area is 55.8 Å². The van der Waals surface area contributed by atoms with Crippen molar-refractivity contribution in [3.05, 3.63) is 23.9 Å². The largest absolute Gasteiger partial charge is 0.387 e. The molecule has 0 unspecified atom stereocenters. The Bertz CT molecular complexity index is 145. The third-order valence-corrected chi connectivity index (χ3v) is 1.14. The number of rotatable bonds is 3. The first-order valence-corrected chi connectivity index (χ1v) is 2.77. The third-order valence-electron chi connectivity index (χ3n) is 1.14. The molecule has 0 aromatic heterocycles. The van der Waals surface area contributed by atoms with E-state index in [0.29, 0.717) is 0 Å². The van der Waals surface area contributed by atoms with Crippen LogP contribution in [0.4, 0.5) is 0 Å². The maximum absolute atomic E-state index is 6.90. The Hall–Kier alpha value is -1.05. The van der Waals surface area contributed by atoms with Crippen molar-refractivity contribution in [2.24, 2.45) is 0 Å². The number of allylic oxidation sites excluding steroid dienone is 3. The average Bonchev–Trinajstić information content (AvgIpc) is 1.90. The third kappa shape index (κ3) is 2.13. The first-order valence-electron chi connectivity index (χ1n) is 2.77. The molecule has 0 amide bonds. The molecular weight excluding hydrogens is 112 g/mol. The Balaban J connectivity index is 4.36. The van der Waals surface area contributed by atoms with Gasteiger partial charge in [0.25, 0.3) is 0 Å². The van der Waals surface area contributed by atoms with Crippen LogP contribution in [0.1, 0.15) is 6.92 Å². The van der Waals surface area contributed by atoms with Gasteiger partial charge in [-0.3, -0.25) is 0 Å². The van der Waals surface area contributed by atoms with Crippen LogP contribution >= 0.6 is 0 Å². The molecule has 0 rings (SSSR count). The minimum atomic E-state index is 0.810. The van der Waals surface area contributed by atoms with Crippen molar-refractivity contribution in [1.29, 1.82) is 5.41 Å². The lowest BCUT2D eigenvalue weighted by molar-refractivity contribution is 1.04. The second-order valence-electron chi connectivity index (χ2n) is 1.70. The van der Waals surface area contributed by atoms with Gasteiger partial charge in [-0.25, -0.2) is 0 Å². The summed E-state index contributed by atoms with van der Waals surface area (Å²) in [6, 6.07) is 0. The summed E-state index contributed by atoms with van der Waals surface area (Å²) >= 11 is 0. The highest BCUT2D eigenvalue weighted by molar-refractivity contribution is 5.76. The van der Waals surface area contributed by atoms with Gasteiger partial charge in [-0.05, 0) is 12.5 Å². The van der Waals surface area contributed by atoms with Gasteiger partial charge in [0.05, 0.1) is 5.70 Å². The minimum Gasteiger partial charge on any atom is -0.387 e. The normalized spacial score (nSPS) is 11.8. The van der Waals surface area contributed by atoms with Crippen LogP contribution in [0, 0.1) is 5.41 Å². The topological polar surface area (TPSA) is 35.9 Å². The van der Waals surface area contributed by atoms with Crippen LogP contribution in [0.25, 0.3) is 0 Å². The van der Waals surface area contributed by atoms with Crippen molar-refractivity contribution in [2.45, 2.75) is 6.92 Å². The van der Waals surface area contributed by atoms with Gasteiger partial charge in [-0.2, -0.15) is 0 Å². The molecule has 0 spiro atoms. The molecule has 0 atom stereocenters. The Morgan fingerprint density at radius 3 is 2.33 bits per heavy atom. The van der Waals surface area contributed by atoms with E-state index in [1.54, 1.807) is 13.1 Å². The van der Waals surface area contributed by atoms with E-state index in [1.165, 1.54) is 6.21 Å². The van der Waals surface area contributed by atoms with Gasteiger partial charge >= 0.3 is 0 Å². The highest BCUT2D eigenvalue weighted by atomic mass is 14.8. The van der Waals surface area contributed by atoms with Crippen molar-refractivity contribution in [1.82, 2.24) is 5.32 Å². The molecule has 0 saturated heterocycles. The first kappa shape index (κ1) is 7.95. The van der Waals surface area contributed by atoms with Crippen LogP contribution in [0.5, 0.6) is 0 Å². The number of nitrogens with one attached hydrogen (secondary N) is 2. The molecule has 0 radical (unpaired) electrons. The van der Waals surface area contributed by atoms with E-state index in [-0.39, 0.29) is 0 Å². The lowest BCUT2D eigenvalue weighted by atomic mass is 10.2. The molecule has 9 heavy (non-hydrogen) atoms. The monoisotopic (exact) mass is 124 g/mol. The van der Waals surface area contributed by atoms with E-state index in [4.69, 9.17) is 5.41 Å². The van der Waals surface area contributed by atoms with Gasteiger partial charge < -0.3 is 10.7 Å². The van der Waals surface area contributed by atoms with Crippen molar-refractivity contribution in [2.75, 3.05) is 7.05 Å². The van der Waals surface area contributed by atoms with Gasteiger partial charge in [0.15, 0.2) is 0 Å². The molecule has 2 N–H and O–H groups in total. The molecule has 0 bridgehead atoms. The zero-order chi connectivity index (χ0) is 7.28. The van der Waals surface area contributed by atoms with E-state index in [9.17, 15) is 0 Å². The highest BCUT2D eigenvalue weighted by Crippen LogP contribution is 1.96. The fraction of sp³-hybridized carbons (Fsp3) is 0.286. The summed E-state index contributed by atoms with van der Waals surface area (Å²) in [6.07, 6.45) is 2.99. The molecule has 50 valence electrons. The van der Waals surface area contributed by atoms with Crippen molar-refractivity contribution >= 4 is 6.21 Å². The average molecular weight is 124 g/mol. The second-order valence-corrected chi connectivity index (χ2v) is 1.70. The molecule has 0 aromatic carbocycles. The summed E-state index contributed by atoms with van der Waals surface area (Å²) in [5, 5.41) is 9.77. The van der Waals surface area contributed by atoms with Gasteiger partial charge in [-0.15, -0.1) is 0 Å². The van der Waals surface area contributed by atoms with Crippen molar-refractivity contribution in [3.8, 4) is 0 Å². The summed E-state index contributed by atoms with van der Waals surface area (Å²) in [5.74, 6) is 0. The lowest BCUT2D eigenvalue weighted by Gasteiger charge is -2.00. The Kier molecular flexibility index (Phi) is 3.44. The molecule has 0 fully saturated rings. The van der Waals surface area contributed by atoms with E-state index < -0.39 is 0 Å². The molecule has 2 heteroatoms. The Morgan fingerprint density at radius 1 is 1.67 bits per heavy atom. The lowest BCUT2D eigenvalue weighted by Crippen LogP contribution is -2.07. The van der Waals surface area contributed by atoms with Crippen LogP contribution in [0.15, 0.2) is 23.9 Å². The molecular formula is C7H12N2. The van der Waals surface area contributed by atoms with Gasteiger partial charge in [0.2, 0.25) is 0 Å². The molecule has 0 aliphatic heterocycles. The van der Waals surface area contributed by atoms with E-state index in [1.807, 2.05) is 6.92 Å². The SMILES string of the molecule is C=C/C(C)=C(\C=N)NC.